The molecule has 0 atom stereocenters. The van der Waals surface area contributed by atoms with E-state index in [1.54, 1.807) is 0 Å². The summed E-state index contributed by atoms with van der Waals surface area (Å²) >= 11 is 3.78. The van der Waals surface area contributed by atoms with Crippen LogP contribution in [0.25, 0.3) is 9.75 Å². The van der Waals surface area contributed by atoms with E-state index in [1.165, 1.54) is 46.6 Å². The topological polar surface area (TPSA) is 0 Å². The lowest BCUT2D eigenvalue weighted by atomic mass is 10.1. The summed E-state index contributed by atoms with van der Waals surface area (Å²) in [6, 6.07) is 4.65. The Morgan fingerprint density at radius 2 is 1.88 bits per heavy atom. The molecule has 0 spiro atoms. The predicted molar refractivity (Wildman–Crippen MR) is 75.6 cm³/mol. The van der Waals surface area contributed by atoms with E-state index in [9.17, 15) is 0 Å². The molecule has 86 valence electrons. The van der Waals surface area contributed by atoms with Crippen molar-refractivity contribution in [1.29, 1.82) is 0 Å². The molecule has 0 bridgehead atoms. The second-order valence-electron chi connectivity index (χ2n) is 4.09. The van der Waals surface area contributed by atoms with Crippen LogP contribution >= 0.6 is 22.7 Å². The van der Waals surface area contributed by atoms with E-state index in [0.29, 0.717) is 0 Å². The third kappa shape index (κ3) is 2.55. The van der Waals surface area contributed by atoms with E-state index < -0.39 is 0 Å². The summed E-state index contributed by atoms with van der Waals surface area (Å²) in [6.45, 7) is 4.49. The highest BCUT2D eigenvalue weighted by Crippen LogP contribution is 2.35. The van der Waals surface area contributed by atoms with Crippen LogP contribution in [0, 0.1) is 0 Å². The van der Waals surface area contributed by atoms with Gasteiger partial charge in [0.1, 0.15) is 0 Å². The average Bonchev–Trinajstić information content (AvgIpc) is 2.87. The molecule has 0 nitrogen and oxygen atoms in total. The van der Waals surface area contributed by atoms with Gasteiger partial charge in [-0.25, -0.2) is 0 Å². The Morgan fingerprint density at radius 3 is 2.62 bits per heavy atom. The third-order valence-corrected chi connectivity index (χ3v) is 4.80. The second kappa shape index (κ2) is 5.65. The molecule has 0 fully saturated rings. The van der Waals surface area contributed by atoms with Gasteiger partial charge in [-0.05, 0) is 46.9 Å². The monoisotopic (exact) mass is 250 g/mol. The van der Waals surface area contributed by atoms with Gasteiger partial charge in [0.25, 0.3) is 0 Å². The van der Waals surface area contributed by atoms with Crippen LogP contribution in [0.1, 0.15) is 37.8 Å². The van der Waals surface area contributed by atoms with Crippen molar-refractivity contribution in [2.45, 2.75) is 39.5 Å². The summed E-state index contributed by atoms with van der Waals surface area (Å²) in [4.78, 5) is 2.95. The largest absolute Gasteiger partial charge is 0.143 e. The highest BCUT2D eigenvalue weighted by atomic mass is 32.1. The fourth-order valence-corrected chi connectivity index (χ4v) is 4.01. The van der Waals surface area contributed by atoms with Gasteiger partial charge in [-0.2, -0.15) is 0 Å². The molecule has 0 aliphatic heterocycles. The molecular formula is C14H18S2. The molecule has 2 heteroatoms. The maximum Gasteiger partial charge on any atom is 0.0474 e. The minimum absolute atomic E-state index is 1.21. The first-order valence-electron chi connectivity index (χ1n) is 5.99. The van der Waals surface area contributed by atoms with E-state index in [2.05, 4.69) is 36.7 Å². The Hall–Kier alpha value is -0.600. The highest BCUT2D eigenvalue weighted by Gasteiger charge is 2.08. The van der Waals surface area contributed by atoms with Crippen LogP contribution in [-0.2, 0) is 12.8 Å². The first kappa shape index (κ1) is 11.9. The molecule has 2 rings (SSSR count). The van der Waals surface area contributed by atoms with Gasteiger partial charge in [-0.15, -0.1) is 22.7 Å². The Labute approximate surface area is 106 Å². The molecule has 2 aromatic rings. The highest BCUT2D eigenvalue weighted by molar-refractivity contribution is 7.20. The van der Waals surface area contributed by atoms with Crippen molar-refractivity contribution < 1.29 is 0 Å². The van der Waals surface area contributed by atoms with E-state index >= 15 is 0 Å². The minimum atomic E-state index is 1.21. The van der Waals surface area contributed by atoms with Crippen LogP contribution < -0.4 is 0 Å². The first-order chi connectivity index (χ1) is 7.85. The fraction of sp³-hybridized carbons (Fsp3) is 0.429. The SMILES string of the molecule is CCCc1csc(-c2sccc2CCC)c1. The summed E-state index contributed by atoms with van der Waals surface area (Å²) in [5, 5.41) is 4.54. The number of rotatable bonds is 5. The lowest BCUT2D eigenvalue weighted by Crippen LogP contribution is -1.81. The van der Waals surface area contributed by atoms with Crippen LogP contribution in [0.4, 0.5) is 0 Å². The molecule has 0 N–H and O–H groups in total. The maximum atomic E-state index is 2.37. The van der Waals surface area contributed by atoms with E-state index in [-0.39, 0.29) is 0 Å². The van der Waals surface area contributed by atoms with Gasteiger partial charge in [0, 0.05) is 9.75 Å². The molecule has 0 saturated heterocycles. The number of hydrogen-bond donors (Lipinski definition) is 0. The lowest BCUT2D eigenvalue weighted by molar-refractivity contribution is 0.925. The Kier molecular flexibility index (Phi) is 4.19. The van der Waals surface area contributed by atoms with E-state index in [0.717, 1.165) is 0 Å². The molecule has 0 aromatic carbocycles. The molecule has 0 radical (unpaired) electrons. The zero-order valence-electron chi connectivity index (χ0n) is 9.95. The van der Waals surface area contributed by atoms with Crippen molar-refractivity contribution in [1.82, 2.24) is 0 Å². The van der Waals surface area contributed by atoms with Crippen molar-refractivity contribution in [3.63, 3.8) is 0 Å². The fourth-order valence-electron chi connectivity index (χ4n) is 1.93. The van der Waals surface area contributed by atoms with E-state index in [1.807, 2.05) is 22.7 Å². The molecule has 0 aliphatic rings. The summed E-state index contributed by atoms with van der Waals surface area (Å²) < 4.78 is 0. The lowest BCUT2D eigenvalue weighted by Gasteiger charge is -1.98. The number of aryl methyl sites for hydroxylation is 2. The van der Waals surface area contributed by atoms with Crippen LogP contribution in [0.2, 0.25) is 0 Å². The smallest absolute Gasteiger partial charge is 0.0474 e. The normalized spacial score (nSPS) is 10.9. The second-order valence-corrected chi connectivity index (χ2v) is 5.92. The predicted octanol–water partition coefficient (Wildman–Crippen LogP) is 5.38. The van der Waals surface area contributed by atoms with Gasteiger partial charge in [0.2, 0.25) is 0 Å². The van der Waals surface area contributed by atoms with Crippen molar-refractivity contribution in [3.05, 3.63) is 34.0 Å². The van der Waals surface area contributed by atoms with Gasteiger partial charge in [-0.3, -0.25) is 0 Å². The summed E-state index contributed by atoms with van der Waals surface area (Å²) in [7, 11) is 0. The van der Waals surface area contributed by atoms with Crippen molar-refractivity contribution >= 4 is 22.7 Å². The van der Waals surface area contributed by atoms with Crippen molar-refractivity contribution in [3.8, 4) is 9.75 Å². The van der Waals surface area contributed by atoms with Gasteiger partial charge in [0.15, 0.2) is 0 Å². The van der Waals surface area contributed by atoms with Crippen LogP contribution in [0.15, 0.2) is 22.9 Å². The average molecular weight is 250 g/mol. The molecule has 2 aromatic heterocycles. The van der Waals surface area contributed by atoms with Crippen molar-refractivity contribution in [2.24, 2.45) is 0 Å². The molecule has 0 amide bonds. The molecule has 16 heavy (non-hydrogen) atoms. The maximum absolute atomic E-state index is 2.37. The van der Waals surface area contributed by atoms with Crippen molar-refractivity contribution in [2.75, 3.05) is 0 Å². The quantitative estimate of drug-likeness (QED) is 0.668. The van der Waals surface area contributed by atoms with Crippen LogP contribution in [0.3, 0.4) is 0 Å². The zero-order valence-corrected chi connectivity index (χ0v) is 11.6. The summed E-state index contributed by atoms with van der Waals surface area (Å²) in [6.07, 6.45) is 4.89. The number of hydrogen-bond acceptors (Lipinski definition) is 2. The Balaban J connectivity index is 2.24. The zero-order chi connectivity index (χ0) is 11.4. The van der Waals surface area contributed by atoms with Crippen LogP contribution in [-0.4, -0.2) is 0 Å². The molecular weight excluding hydrogens is 232 g/mol. The third-order valence-electron chi connectivity index (χ3n) is 2.68. The molecule has 0 aliphatic carbocycles. The first-order valence-corrected chi connectivity index (χ1v) is 7.75. The Bertz CT molecular complexity index is 437. The minimum Gasteiger partial charge on any atom is -0.143 e. The van der Waals surface area contributed by atoms with Gasteiger partial charge >= 0.3 is 0 Å². The van der Waals surface area contributed by atoms with Gasteiger partial charge in [0.05, 0.1) is 0 Å². The summed E-state index contributed by atoms with van der Waals surface area (Å²) in [5.74, 6) is 0. The van der Waals surface area contributed by atoms with Gasteiger partial charge < -0.3 is 0 Å². The molecule has 0 saturated carbocycles. The Morgan fingerprint density at radius 1 is 1.06 bits per heavy atom. The van der Waals surface area contributed by atoms with Crippen LogP contribution in [0.5, 0.6) is 0 Å². The van der Waals surface area contributed by atoms with Gasteiger partial charge in [-0.1, -0.05) is 26.7 Å². The molecule has 0 unspecified atom stereocenters. The number of thiophene rings is 2. The van der Waals surface area contributed by atoms with E-state index in [4.69, 9.17) is 0 Å². The molecule has 2 heterocycles. The standard InChI is InChI=1S/C14H18S2/c1-3-5-11-9-13(16-10-11)14-12(6-4-2)7-8-15-14/h7-10H,3-6H2,1-2H3. The summed E-state index contributed by atoms with van der Waals surface area (Å²) in [5.41, 5.74) is 3.02.